The second-order valence-electron chi connectivity index (χ2n) is 5.68. The summed E-state index contributed by atoms with van der Waals surface area (Å²) in [6.07, 6.45) is 0. The topological polar surface area (TPSA) is 78.9 Å². The number of hydrogen-bond donors (Lipinski definition) is 3. The van der Waals surface area contributed by atoms with Gasteiger partial charge in [0.1, 0.15) is 17.5 Å². The molecule has 0 bridgehead atoms. The minimum Gasteiger partial charge on any atom is -0.370 e. The molecule has 0 saturated carbocycles. The van der Waals surface area contributed by atoms with Crippen molar-refractivity contribution >= 4 is 17.5 Å². The lowest BCUT2D eigenvalue weighted by Crippen LogP contribution is -2.27. The Morgan fingerprint density at radius 3 is 2.15 bits per heavy atom. The Hall–Kier alpha value is -1.85. The first-order chi connectivity index (χ1) is 9.29. The van der Waals surface area contributed by atoms with Gasteiger partial charge < -0.3 is 16.0 Å². The maximum atomic E-state index is 11.4. The first-order valence-electron chi connectivity index (χ1n) is 6.87. The van der Waals surface area contributed by atoms with Crippen LogP contribution < -0.4 is 16.0 Å². The van der Waals surface area contributed by atoms with Crippen molar-refractivity contribution in [3.05, 3.63) is 11.4 Å². The number of rotatable bonds is 5. The standard InChI is InChI=1S/C14H25N5O/c1-7-16-11-9(2)12(17-8-10(20)15-6)19-13(18-11)14(3,4)5/h7-8H2,1-6H3,(H,15,20)(H2,16,17,18,19). The minimum absolute atomic E-state index is 0.0784. The normalized spacial score (nSPS) is 11.1. The van der Waals surface area contributed by atoms with Crippen LogP contribution in [0.2, 0.25) is 0 Å². The van der Waals surface area contributed by atoms with Gasteiger partial charge in [-0.25, -0.2) is 9.97 Å². The molecule has 3 N–H and O–H groups in total. The van der Waals surface area contributed by atoms with Crippen LogP contribution in [0.5, 0.6) is 0 Å². The molecule has 0 aliphatic heterocycles. The van der Waals surface area contributed by atoms with Gasteiger partial charge in [-0.1, -0.05) is 20.8 Å². The third-order valence-corrected chi connectivity index (χ3v) is 2.86. The van der Waals surface area contributed by atoms with Crippen LogP contribution in [0, 0.1) is 6.92 Å². The number of likely N-dealkylation sites (N-methyl/N-ethyl adjacent to an activating group) is 1. The van der Waals surface area contributed by atoms with Gasteiger partial charge >= 0.3 is 0 Å². The highest BCUT2D eigenvalue weighted by Crippen LogP contribution is 2.26. The number of nitrogens with one attached hydrogen (secondary N) is 3. The molecule has 0 aliphatic carbocycles. The molecular formula is C14H25N5O. The molecule has 1 amide bonds. The van der Waals surface area contributed by atoms with Crippen LogP contribution in [0.3, 0.4) is 0 Å². The molecule has 0 radical (unpaired) electrons. The SMILES string of the molecule is CCNc1nc(C(C)(C)C)nc(NCC(=O)NC)c1C. The van der Waals surface area contributed by atoms with Crippen molar-refractivity contribution in [2.45, 2.75) is 40.0 Å². The van der Waals surface area contributed by atoms with Crippen molar-refractivity contribution in [2.24, 2.45) is 0 Å². The highest BCUT2D eigenvalue weighted by Gasteiger charge is 2.21. The maximum absolute atomic E-state index is 11.4. The summed E-state index contributed by atoms with van der Waals surface area (Å²) in [5.41, 5.74) is 0.769. The van der Waals surface area contributed by atoms with E-state index in [0.29, 0.717) is 5.82 Å². The Morgan fingerprint density at radius 1 is 1.15 bits per heavy atom. The molecular weight excluding hydrogens is 254 g/mol. The van der Waals surface area contributed by atoms with Crippen molar-refractivity contribution < 1.29 is 4.79 Å². The Balaban J connectivity index is 3.13. The van der Waals surface area contributed by atoms with Crippen LogP contribution in [0.25, 0.3) is 0 Å². The van der Waals surface area contributed by atoms with Crippen molar-refractivity contribution in [3.63, 3.8) is 0 Å². The third-order valence-electron chi connectivity index (χ3n) is 2.86. The molecule has 0 atom stereocenters. The molecule has 0 spiro atoms. The van der Waals surface area contributed by atoms with Gasteiger partial charge in [-0.3, -0.25) is 4.79 Å². The van der Waals surface area contributed by atoms with E-state index in [1.807, 2.05) is 13.8 Å². The van der Waals surface area contributed by atoms with Gasteiger partial charge in [0.2, 0.25) is 5.91 Å². The van der Waals surface area contributed by atoms with Crippen molar-refractivity contribution in [1.82, 2.24) is 15.3 Å². The average molecular weight is 279 g/mol. The number of amides is 1. The smallest absolute Gasteiger partial charge is 0.239 e. The van der Waals surface area contributed by atoms with Gasteiger partial charge in [-0.15, -0.1) is 0 Å². The molecule has 6 nitrogen and oxygen atoms in total. The van der Waals surface area contributed by atoms with Gasteiger partial charge in [-0.2, -0.15) is 0 Å². The van der Waals surface area contributed by atoms with Crippen molar-refractivity contribution in [1.29, 1.82) is 0 Å². The third kappa shape index (κ3) is 4.08. The molecule has 1 aromatic rings. The van der Waals surface area contributed by atoms with Crippen LogP contribution in [0.4, 0.5) is 11.6 Å². The predicted octanol–water partition coefficient (Wildman–Crippen LogP) is 1.67. The van der Waals surface area contributed by atoms with Crippen LogP contribution >= 0.6 is 0 Å². The summed E-state index contributed by atoms with van der Waals surface area (Å²) < 4.78 is 0. The molecule has 0 aromatic carbocycles. The lowest BCUT2D eigenvalue weighted by atomic mass is 9.95. The van der Waals surface area contributed by atoms with Crippen molar-refractivity contribution in [3.8, 4) is 0 Å². The number of aromatic nitrogens is 2. The number of carbonyl (C=O) groups excluding carboxylic acids is 1. The molecule has 0 unspecified atom stereocenters. The second kappa shape index (κ2) is 6.54. The molecule has 1 rings (SSSR count). The van der Waals surface area contributed by atoms with E-state index in [4.69, 9.17) is 0 Å². The van der Waals surface area contributed by atoms with Gasteiger partial charge in [0.15, 0.2) is 0 Å². The van der Waals surface area contributed by atoms with E-state index in [9.17, 15) is 4.79 Å². The molecule has 1 heterocycles. The fourth-order valence-corrected chi connectivity index (χ4v) is 1.62. The van der Waals surface area contributed by atoms with Gasteiger partial charge in [0.05, 0.1) is 6.54 Å². The molecule has 0 fully saturated rings. The molecule has 6 heteroatoms. The second-order valence-corrected chi connectivity index (χ2v) is 5.68. The van der Waals surface area contributed by atoms with E-state index < -0.39 is 0 Å². The van der Waals surface area contributed by atoms with Crippen LogP contribution in [-0.2, 0) is 10.2 Å². The zero-order valence-corrected chi connectivity index (χ0v) is 13.2. The molecule has 0 aliphatic rings. The Kier molecular flexibility index (Phi) is 5.30. The van der Waals surface area contributed by atoms with Gasteiger partial charge in [0, 0.05) is 24.6 Å². The largest absolute Gasteiger partial charge is 0.370 e. The number of carbonyl (C=O) groups is 1. The Morgan fingerprint density at radius 2 is 1.70 bits per heavy atom. The summed E-state index contributed by atoms with van der Waals surface area (Å²) in [4.78, 5) is 20.5. The van der Waals surface area contributed by atoms with Gasteiger partial charge in [-0.05, 0) is 13.8 Å². The average Bonchev–Trinajstić information content (AvgIpc) is 2.38. The van der Waals surface area contributed by atoms with Crippen molar-refractivity contribution in [2.75, 3.05) is 30.8 Å². The number of hydrogen-bond acceptors (Lipinski definition) is 5. The summed E-state index contributed by atoms with van der Waals surface area (Å²) in [7, 11) is 1.61. The number of anilines is 2. The number of nitrogens with zero attached hydrogens (tertiary/aromatic N) is 2. The molecule has 20 heavy (non-hydrogen) atoms. The van der Waals surface area contributed by atoms with Crippen LogP contribution in [0.15, 0.2) is 0 Å². The fraction of sp³-hybridized carbons (Fsp3) is 0.643. The quantitative estimate of drug-likeness (QED) is 0.764. The lowest BCUT2D eigenvalue weighted by molar-refractivity contribution is -0.118. The Labute approximate surface area is 120 Å². The van der Waals surface area contributed by atoms with E-state index in [2.05, 4.69) is 46.7 Å². The lowest BCUT2D eigenvalue weighted by Gasteiger charge is -2.21. The van der Waals surface area contributed by atoms with E-state index in [-0.39, 0.29) is 17.9 Å². The summed E-state index contributed by atoms with van der Waals surface area (Å²) >= 11 is 0. The zero-order valence-electron chi connectivity index (χ0n) is 13.2. The van der Waals surface area contributed by atoms with Gasteiger partial charge in [0.25, 0.3) is 0 Å². The Bertz CT molecular complexity index is 479. The zero-order chi connectivity index (χ0) is 15.3. The van der Waals surface area contributed by atoms with E-state index >= 15 is 0 Å². The monoisotopic (exact) mass is 279 g/mol. The van der Waals surface area contributed by atoms with E-state index in [1.54, 1.807) is 7.05 Å². The first-order valence-corrected chi connectivity index (χ1v) is 6.87. The van der Waals surface area contributed by atoms with Crippen LogP contribution in [-0.4, -0.2) is 36.0 Å². The first kappa shape index (κ1) is 16.2. The summed E-state index contributed by atoms with van der Waals surface area (Å²) in [6.45, 7) is 11.1. The highest BCUT2D eigenvalue weighted by molar-refractivity contribution is 5.80. The molecule has 112 valence electrons. The highest BCUT2D eigenvalue weighted by atomic mass is 16.1. The minimum atomic E-state index is -0.151. The van der Waals surface area contributed by atoms with E-state index in [1.165, 1.54) is 0 Å². The molecule has 0 saturated heterocycles. The fourth-order valence-electron chi connectivity index (χ4n) is 1.62. The van der Waals surface area contributed by atoms with E-state index in [0.717, 1.165) is 23.8 Å². The summed E-state index contributed by atoms with van der Waals surface area (Å²) in [5.74, 6) is 2.18. The maximum Gasteiger partial charge on any atom is 0.239 e. The molecule has 1 aromatic heterocycles. The summed E-state index contributed by atoms with van der Waals surface area (Å²) in [6, 6.07) is 0. The van der Waals surface area contributed by atoms with Crippen LogP contribution in [0.1, 0.15) is 39.1 Å². The summed E-state index contributed by atoms with van der Waals surface area (Å²) in [5, 5.41) is 8.89. The predicted molar refractivity (Wildman–Crippen MR) is 82.2 cm³/mol.